The van der Waals surface area contributed by atoms with E-state index in [2.05, 4.69) is 20.7 Å². The minimum atomic E-state index is -0.193. The Labute approximate surface area is 150 Å². The van der Waals surface area contributed by atoms with Gasteiger partial charge in [-0.3, -0.25) is 4.79 Å². The number of carbonyl (C=O) groups is 1. The molecule has 1 heterocycles. The molecule has 7 heteroatoms. The number of rotatable bonds is 5. The van der Waals surface area contributed by atoms with Gasteiger partial charge >= 0.3 is 0 Å². The van der Waals surface area contributed by atoms with Crippen LogP contribution in [0.2, 0.25) is 5.02 Å². The van der Waals surface area contributed by atoms with Crippen LogP contribution in [0, 0.1) is 6.92 Å². The van der Waals surface area contributed by atoms with Gasteiger partial charge in [0.15, 0.2) is 0 Å². The summed E-state index contributed by atoms with van der Waals surface area (Å²) >= 11 is 5.98. The molecule has 0 aliphatic carbocycles. The molecule has 1 N–H and O–H groups in total. The van der Waals surface area contributed by atoms with Gasteiger partial charge in [-0.15, -0.1) is 10.2 Å². The molecule has 0 saturated heterocycles. The number of nitrogens with zero attached hydrogens (tertiary/aromatic N) is 4. The van der Waals surface area contributed by atoms with Gasteiger partial charge in [-0.25, -0.2) is 0 Å². The predicted molar refractivity (Wildman–Crippen MR) is 96.0 cm³/mol. The zero-order valence-corrected chi connectivity index (χ0v) is 14.7. The first-order chi connectivity index (χ1) is 12.0. The highest BCUT2D eigenvalue weighted by molar-refractivity contribution is 6.30. The number of aromatic nitrogens is 4. The number of nitrogens with one attached hydrogen (secondary N) is 1. The van der Waals surface area contributed by atoms with Gasteiger partial charge in [0.2, 0.25) is 11.7 Å². The average Bonchev–Trinajstić information content (AvgIpc) is 3.03. The summed E-state index contributed by atoms with van der Waals surface area (Å²) in [6.45, 7) is 3.89. The Hall–Kier alpha value is -2.73. The van der Waals surface area contributed by atoms with E-state index in [1.807, 2.05) is 56.3 Å². The molecule has 0 spiro atoms. The minimum Gasteiger partial charge on any atom is -0.348 e. The van der Waals surface area contributed by atoms with E-state index in [1.165, 1.54) is 4.80 Å². The minimum absolute atomic E-state index is 0.00376. The second-order valence-corrected chi connectivity index (χ2v) is 6.24. The van der Waals surface area contributed by atoms with Crippen molar-refractivity contribution in [2.45, 2.75) is 26.4 Å². The zero-order chi connectivity index (χ0) is 17.8. The molecule has 3 rings (SSSR count). The van der Waals surface area contributed by atoms with E-state index in [-0.39, 0.29) is 18.5 Å². The Morgan fingerprint density at radius 1 is 1.24 bits per heavy atom. The molecule has 128 valence electrons. The van der Waals surface area contributed by atoms with Crippen molar-refractivity contribution in [1.29, 1.82) is 0 Å². The van der Waals surface area contributed by atoms with Crippen LogP contribution in [-0.2, 0) is 11.3 Å². The number of hydrogen-bond donors (Lipinski definition) is 1. The molecule has 0 aliphatic heterocycles. The van der Waals surface area contributed by atoms with Crippen molar-refractivity contribution >= 4 is 17.5 Å². The molecule has 2 aromatic carbocycles. The fraction of sp³-hybridized carbons (Fsp3) is 0.222. The Kier molecular flexibility index (Phi) is 5.09. The number of carbonyl (C=O) groups excluding carboxylic acids is 1. The van der Waals surface area contributed by atoms with E-state index in [1.54, 1.807) is 6.07 Å². The third kappa shape index (κ3) is 4.22. The normalized spacial score (nSPS) is 12.0. The first-order valence-corrected chi connectivity index (χ1v) is 8.29. The van der Waals surface area contributed by atoms with Crippen LogP contribution in [0.15, 0.2) is 48.5 Å². The topological polar surface area (TPSA) is 72.7 Å². The number of amides is 1. The number of halogens is 1. The molecule has 1 atom stereocenters. The van der Waals surface area contributed by atoms with Gasteiger partial charge < -0.3 is 5.32 Å². The lowest BCUT2D eigenvalue weighted by Gasteiger charge is -2.14. The van der Waals surface area contributed by atoms with E-state index in [0.29, 0.717) is 10.8 Å². The molecule has 0 aliphatic rings. The largest absolute Gasteiger partial charge is 0.348 e. The summed E-state index contributed by atoms with van der Waals surface area (Å²) in [4.78, 5) is 13.5. The van der Waals surface area contributed by atoms with Crippen molar-refractivity contribution in [2.24, 2.45) is 0 Å². The summed E-state index contributed by atoms with van der Waals surface area (Å²) < 4.78 is 0. The van der Waals surface area contributed by atoms with Gasteiger partial charge in [0.05, 0.1) is 6.04 Å². The van der Waals surface area contributed by atoms with E-state index >= 15 is 0 Å². The number of aryl methyl sites for hydroxylation is 1. The van der Waals surface area contributed by atoms with Crippen LogP contribution in [0.25, 0.3) is 11.4 Å². The van der Waals surface area contributed by atoms with Crippen LogP contribution in [0.3, 0.4) is 0 Å². The number of hydrogen-bond acceptors (Lipinski definition) is 4. The molecule has 0 bridgehead atoms. The van der Waals surface area contributed by atoms with Gasteiger partial charge in [-0.2, -0.15) is 4.80 Å². The second kappa shape index (κ2) is 7.44. The first kappa shape index (κ1) is 17.1. The maximum atomic E-state index is 12.2. The lowest BCUT2D eigenvalue weighted by atomic mass is 10.1. The lowest BCUT2D eigenvalue weighted by Crippen LogP contribution is -2.30. The fourth-order valence-corrected chi connectivity index (χ4v) is 2.72. The van der Waals surface area contributed by atoms with E-state index in [0.717, 1.165) is 16.7 Å². The summed E-state index contributed by atoms with van der Waals surface area (Å²) in [5, 5.41) is 15.8. The summed E-state index contributed by atoms with van der Waals surface area (Å²) in [7, 11) is 0. The summed E-state index contributed by atoms with van der Waals surface area (Å²) in [5.41, 5.74) is 2.90. The van der Waals surface area contributed by atoms with Crippen LogP contribution in [0.5, 0.6) is 0 Å². The van der Waals surface area contributed by atoms with Crippen LogP contribution in [-0.4, -0.2) is 26.1 Å². The van der Waals surface area contributed by atoms with Crippen molar-refractivity contribution in [2.75, 3.05) is 0 Å². The third-order valence-electron chi connectivity index (χ3n) is 3.85. The highest BCUT2D eigenvalue weighted by atomic mass is 35.5. The Morgan fingerprint density at radius 3 is 2.80 bits per heavy atom. The summed E-state index contributed by atoms with van der Waals surface area (Å²) in [5.74, 6) is 0.315. The molecule has 0 fully saturated rings. The molecule has 3 aromatic rings. The quantitative estimate of drug-likeness (QED) is 0.763. The van der Waals surface area contributed by atoms with Gasteiger partial charge in [-0.05, 0) is 42.3 Å². The Morgan fingerprint density at radius 2 is 2.04 bits per heavy atom. The lowest BCUT2D eigenvalue weighted by molar-refractivity contribution is -0.122. The number of tetrazole rings is 1. The predicted octanol–water partition coefficient (Wildman–Crippen LogP) is 3.18. The third-order valence-corrected chi connectivity index (χ3v) is 4.09. The zero-order valence-electron chi connectivity index (χ0n) is 14.0. The highest BCUT2D eigenvalue weighted by Gasteiger charge is 2.13. The van der Waals surface area contributed by atoms with Crippen molar-refractivity contribution in [1.82, 2.24) is 25.5 Å². The van der Waals surface area contributed by atoms with Gasteiger partial charge in [0.25, 0.3) is 0 Å². The molecular formula is C18H18ClN5O. The maximum Gasteiger partial charge on any atom is 0.244 e. The highest BCUT2D eigenvalue weighted by Crippen LogP contribution is 2.18. The molecule has 6 nitrogen and oxygen atoms in total. The maximum absolute atomic E-state index is 12.2. The average molecular weight is 356 g/mol. The fourth-order valence-electron chi connectivity index (χ4n) is 2.52. The standard InChI is InChI=1S/C18H18ClN5O/c1-12-6-3-4-9-16(12)18-21-23-24(22-18)11-17(25)20-13(2)14-7-5-8-15(19)10-14/h3-10,13H,11H2,1-2H3,(H,20,25)/t13-/m0/s1. The van der Waals surface area contributed by atoms with Crippen molar-refractivity contribution in [3.05, 3.63) is 64.7 Å². The smallest absolute Gasteiger partial charge is 0.244 e. The first-order valence-electron chi connectivity index (χ1n) is 7.91. The molecule has 0 saturated carbocycles. The van der Waals surface area contributed by atoms with E-state index in [4.69, 9.17) is 11.6 Å². The molecule has 25 heavy (non-hydrogen) atoms. The van der Waals surface area contributed by atoms with Crippen LogP contribution >= 0.6 is 11.6 Å². The van der Waals surface area contributed by atoms with Gasteiger partial charge in [0.1, 0.15) is 6.54 Å². The van der Waals surface area contributed by atoms with E-state index < -0.39 is 0 Å². The van der Waals surface area contributed by atoms with E-state index in [9.17, 15) is 4.79 Å². The van der Waals surface area contributed by atoms with Crippen LogP contribution in [0.1, 0.15) is 24.1 Å². The molecule has 1 amide bonds. The molecule has 1 aromatic heterocycles. The molecular weight excluding hydrogens is 338 g/mol. The molecule has 0 unspecified atom stereocenters. The SMILES string of the molecule is Cc1ccccc1-c1nnn(CC(=O)N[C@@H](C)c2cccc(Cl)c2)n1. The van der Waals surface area contributed by atoms with Crippen molar-refractivity contribution in [3.8, 4) is 11.4 Å². The summed E-state index contributed by atoms with van der Waals surface area (Å²) in [6.07, 6.45) is 0. The van der Waals surface area contributed by atoms with Crippen LogP contribution < -0.4 is 5.32 Å². The molecule has 0 radical (unpaired) electrons. The Balaban J connectivity index is 1.65. The van der Waals surface area contributed by atoms with Gasteiger partial charge in [-0.1, -0.05) is 48.0 Å². The number of benzene rings is 2. The second-order valence-electron chi connectivity index (χ2n) is 5.80. The Bertz CT molecular complexity index is 892. The van der Waals surface area contributed by atoms with Gasteiger partial charge in [0, 0.05) is 10.6 Å². The van der Waals surface area contributed by atoms with Crippen molar-refractivity contribution < 1.29 is 4.79 Å². The summed E-state index contributed by atoms with van der Waals surface area (Å²) in [6, 6.07) is 15.0. The van der Waals surface area contributed by atoms with Crippen LogP contribution in [0.4, 0.5) is 0 Å². The monoisotopic (exact) mass is 355 g/mol. The van der Waals surface area contributed by atoms with Crippen molar-refractivity contribution in [3.63, 3.8) is 0 Å².